The molecule has 4 nitrogen and oxygen atoms in total. The number of hydrogen-bond acceptors (Lipinski definition) is 3. The van der Waals surface area contributed by atoms with Crippen molar-refractivity contribution in [1.82, 2.24) is 4.98 Å². The SMILES string of the molecule is Cc1ccc2c(C)cc(N(C)CCC(=O)O)nc2c1. The Labute approximate surface area is 112 Å². The van der Waals surface area contributed by atoms with E-state index in [1.54, 1.807) is 0 Å². The normalized spacial score (nSPS) is 10.7. The van der Waals surface area contributed by atoms with Crippen molar-refractivity contribution in [1.29, 1.82) is 0 Å². The number of carbonyl (C=O) groups is 1. The Morgan fingerprint density at radius 2 is 2.05 bits per heavy atom. The molecule has 0 aliphatic rings. The zero-order chi connectivity index (χ0) is 14.0. The van der Waals surface area contributed by atoms with E-state index in [-0.39, 0.29) is 6.42 Å². The molecule has 19 heavy (non-hydrogen) atoms. The van der Waals surface area contributed by atoms with Crippen molar-refractivity contribution >= 4 is 22.7 Å². The van der Waals surface area contributed by atoms with Crippen LogP contribution in [-0.4, -0.2) is 29.7 Å². The standard InChI is InChI=1S/C15H18N2O2/c1-10-4-5-12-11(2)9-14(16-13(12)8-10)17(3)7-6-15(18)19/h4-5,8-9H,6-7H2,1-3H3,(H,18,19). The van der Waals surface area contributed by atoms with Gasteiger partial charge in [0.25, 0.3) is 0 Å². The molecule has 0 saturated heterocycles. The summed E-state index contributed by atoms with van der Waals surface area (Å²) in [5.74, 6) is 0.0251. The first-order chi connectivity index (χ1) is 8.97. The molecule has 1 heterocycles. The molecule has 1 aromatic heterocycles. The Morgan fingerprint density at radius 3 is 2.74 bits per heavy atom. The average molecular weight is 258 g/mol. The Morgan fingerprint density at radius 1 is 1.32 bits per heavy atom. The maximum Gasteiger partial charge on any atom is 0.305 e. The van der Waals surface area contributed by atoms with Gasteiger partial charge in [0.15, 0.2) is 0 Å². The van der Waals surface area contributed by atoms with E-state index in [0.29, 0.717) is 6.54 Å². The topological polar surface area (TPSA) is 53.4 Å². The fraction of sp³-hybridized carbons (Fsp3) is 0.333. The first-order valence-corrected chi connectivity index (χ1v) is 6.28. The summed E-state index contributed by atoms with van der Waals surface area (Å²) in [6.07, 6.45) is 0.114. The predicted molar refractivity (Wildman–Crippen MR) is 76.7 cm³/mol. The largest absolute Gasteiger partial charge is 0.481 e. The Balaban J connectivity index is 2.36. The number of fused-ring (bicyclic) bond motifs is 1. The predicted octanol–water partition coefficient (Wildman–Crippen LogP) is 2.76. The maximum absolute atomic E-state index is 10.6. The van der Waals surface area contributed by atoms with Crippen LogP contribution in [0.25, 0.3) is 10.9 Å². The Bertz CT molecular complexity index is 623. The highest BCUT2D eigenvalue weighted by Crippen LogP contribution is 2.22. The van der Waals surface area contributed by atoms with Crippen LogP contribution in [0.4, 0.5) is 5.82 Å². The number of carboxylic acids is 1. The van der Waals surface area contributed by atoms with E-state index < -0.39 is 5.97 Å². The molecule has 0 aliphatic heterocycles. The zero-order valence-electron chi connectivity index (χ0n) is 11.5. The van der Waals surface area contributed by atoms with Gasteiger partial charge in [0, 0.05) is 19.0 Å². The number of aliphatic carboxylic acids is 1. The Hall–Kier alpha value is -2.10. The number of pyridine rings is 1. The lowest BCUT2D eigenvalue weighted by Crippen LogP contribution is -2.22. The molecule has 1 N–H and O–H groups in total. The van der Waals surface area contributed by atoms with Crippen molar-refractivity contribution in [3.05, 3.63) is 35.4 Å². The third kappa shape index (κ3) is 3.02. The van der Waals surface area contributed by atoms with Crippen molar-refractivity contribution in [3.8, 4) is 0 Å². The number of nitrogens with zero attached hydrogens (tertiary/aromatic N) is 2. The summed E-state index contributed by atoms with van der Waals surface area (Å²) in [5.41, 5.74) is 3.28. The van der Waals surface area contributed by atoms with Gasteiger partial charge >= 0.3 is 5.97 Å². The summed E-state index contributed by atoms with van der Waals surface area (Å²) in [4.78, 5) is 17.1. The van der Waals surface area contributed by atoms with Gasteiger partial charge in [-0.1, -0.05) is 12.1 Å². The van der Waals surface area contributed by atoms with E-state index in [0.717, 1.165) is 22.3 Å². The van der Waals surface area contributed by atoms with E-state index in [4.69, 9.17) is 5.11 Å². The molecule has 2 rings (SSSR count). The second-order valence-corrected chi connectivity index (χ2v) is 4.88. The number of carboxylic acid groups (broad SMARTS) is 1. The number of hydrogen-bond donors (Lipinski definition) is 1. The van der Waals surface area contributed by atoms with Gasteiger partial charge in [-0.05, 0) is 37.1 Å². The molecule has 4 heteroatoms. The minimum atomic E-state index is -0.791. The van der Waals surface area contributed by atoms with Crippen molar-refractivity contribution in [2.75, 3.05) is 18.5 Å². The van der Waals surface area contributed by atoms with E-state index in [2.05, 4.69) is 23.2 Å². The number of rotatable bonds is 4. The maximum atomic E-state index is 10.6. The van der Waals surface area contributed by atoms with Crippen LogP contribution in [-0.2, 0) is 4.79 Å². The zero-order valence-corrected chi connectivity index (χ0v) is 11.5. The molecule has 0 amide bonds. The number of aromatic nitrogens is 1. The van der Waals surface area contributed by atoms with Crippen LogP contribution in [0.1, 0.15) is 17.5 Å². The minimum absolute atomic E-state index is 0.114. The summed E-state index contributed by atoms with van der Waals surface area (Å²) in [5, 5.41) is 9.86. The first kappa shape index (κ1) is 13.3. The first-order valence-electron chi connectivity index (χ1n) is 6.28. The molecule has 0 fully saturated rings. The van der Waals surface area contributed by atoms with Crippen LogP contribution in [0.5, 0.6) is 0 Å². The molecule has 2 aromatic rings. The quantitative estimate of drug-likeness (QED) is 0.916. The fourth-order valence-corrected chi connectivity index (χ4v) is 2.07. The third-order valence-electron chi connectivity index (χ3n) is 3.21. The molecule has 100 valence electrons. The lowest BCUT2D eigenvalue weighted by molar-refractivity contribution is -0.136. The third-order valence-corrected chi connectivity index (χ3v) is 3.21. The summed E-state index contributed by atoms with van der Waals surface area (Å²) >= 11 is 0. The molecule has 0 radical (unpaired) electrons. The molecule has 0 atom stereocenters. The molecule has 0 bridgehead atoms. The molecule has 0 saturated carbocycles. The molecular formula is C15H18N2O2. The summed E-state index contributed by atoms with van der Waals surface area (Å²) in [6, 6.07) is 8.20. The van der Waals surface area contributed by atoms with E-state index >= 15 is 0 Å². The molecular weight excluding hydrogens is 240 g/mol. The van der Waals surface area contributed by atoms with Gasteiger partial charge in [-0.3, -0.25) is 4.79 Å². The number of anilines is 1. The van der Waals surface area contributed by atoms with E-state index in [1.165, 1.54) is 5.56 Å². The van der Waals surface area contributed by atoms with Gasteiger partial charge < -0.3 is 10.0 Å². The smallest absolute Gasteiger partial charge is 0.305 e. The molecule has 0 unspecified atom stereocenters. The van der Waals surface area contributed by atoms with Gasteiger partial charge in [0.2, 0.25) is 0 Å². The minimum Gasteiger partial charge on any atom is -0.481 e. The van der Waals surface area contributed by atoms with Crippen molar-refractivity contribution in [3.63, 3.8) is 0 Å². The summed E-state index contributed by atoms with van der Waals surface area (Å²) in [7, 11) is 1.87. The van der Waals surface area contributed by atoms with Gasteiger partial charge in [-0.25, -0.2) is 4.98 Å². The van der Waals surface area contributed by atoms with Crippen LogP contribution in [0.15, 0.2) is 24.3 Å². The van der Waals surface area contributed by atoms with Gasteiger partial charge in [0.1, 0.15) is 5.82 Å². The van der Waals surface area contributed by atoms with Gasteiger partial charge in [-0.15, -0.1) is 0 Å². The lowest BCUT2D eigenvalue weighted by Gasteiger charge is -2.18. The second-order valence-electron chi connectivity index (χ2n) is 4.88. The number of aryl methyl sites for hydroxylation is 2. The lowest BCUT2D eigenvalue weighted by atomic mass is 10.1. The van der Waals surface area contributed by atoms with E-state index in [9.17, 15) is 4.79 Å². The highest BCUT2D eigenvalue weighted by Gasteiger charge is 2.08. The summed E-state index contributed by atoms with van der Waals surface area (Å²) < 4.78 is 0. The monoisotopic (exact) mass is 258 g/mol. The highest BCUT2D eigenvalue weighted by atomic mass is 16.4. The van der Waals surface area contributed by atoms with Crippen LogP contribution < -0.4 is 4.90 Å². The van der Waals surface area contributed by atoms with E-state index in [1.807, 2.05) is 31.9 Å². The Kier molecular flexibility index (Phi) is 3.69. The average Bonchev–Trinajstić information content (AvgIpc) is 2.35. The molecule has 1 aromatic carbocycles. The number of benzene rings is 1. The van der Waals surface area contributed by atoms with Crippen molar-refractivity contribution in [2.24, 2.45) is 0 Å². The van der Waals surface area contributed by atoms with Crippen LogP contribution >= 0.6 is 0 Å². The fourth-order valence-electron chi connectivity index (χ4n) is 2.07. The van der Waals surface area contributed by atoms with Crippen LogP contribution in [0, 0.1) is 13.8 Å². The molecule has 0 spiro atoms. The second kappa shape index (κ2) is 5.26. The highest BCUT2D eigenvalue weighted by molar-refractivity contribution is 5.84. The van der Waals surface area contributed by atoms with Gasteiger partial charge in [0.05, 0.1) is 11.9 Å². The van der Waals surface area contributed by atoms with Crippen LogP contribution in [0.2, 0.25) is 0 Å². The summed E-state index contributed by atoms with van der Waals surface area (Å²) in [6.45, 7) is 4.55. The van der Waals surface area contributed by atoms with Crippen molar-refractivity contribution in [2.45, 2.75) is 20.3 Å². The van der Waals surface area contributed by atoms with Crippen molar-refractivity contribution < 1.29 is 9.90 Å². The van der Waals surface area contributed by atoms with Gasteiger partial charge in [-0.2, -0.15) is 0 Å². The molecule has 0 aliphatic carbocycles. The van der Waals surface area contributed by atoms with Crippen LogP contribution in [0.3, 0.4) is 0 Å².